The van der Waals surface area contributed by atoms with E-state index >= 15 is 0 Å². The van der Waals surface area contributed by atoms with E-state index < -0.39 is 16.4 Å². The van der Waals surface area contributed by atoms with Gasteiger partial charge in [0, 0.05) is 30.1 Å². The van der Waals surface area contributed by atoms with Crippen molar-refractivity contribution in [2.45, 2.75) is 45.4 Å². The van der Waals surface area contributed by atoms with Gasteiger partial charge in [-0.25, -0.2) is 0 Å². The van der Waals surface area contributed by atoms with Crippen molar-refractivity contribution in [3.8, 4) is 0 Å². The zero-order valence-electron chi connectivity index (χ0n) is 17.5. The van der Waals surface area contributed by atoms with Crippen LogP contribution < -0.4 is 21.5 Å². The van der Waals surface area contributed by atoms with Gasteiger partial charge in [0.15, 0.2) is 0 Å². The first-order valence-corrected chi connectivity index (χ1v) is 10.5. The van der Waals surface area contributed by atoms with E-state index in [0.717, 1.165) is 6.42 Å². The summed E-state index contributed by atoms with van der Waals surface area (Å²) in [6, 6.07) is 3.25. The molecule has 3 N–H and O–H groups in total. The fourth-order valence-electron chi connectivity index (χ4n) is 3.97. The number of aliphatic hydroxyl groups is 1. The van der Waals surface area contributed by atoms with Gasteiger partial charge in [-0.15, -0.1) is 0 Å². The van der Waals surface area contributed by atoms with E-state index in [2.05, 4.69) is 10.6 Å². The summed E-state index contributed by atoms with van der Waals surface area (Å²) in [6.45, 7) is 5.98. The molecular formula is C22H24ClN3O5. The summed E-state index contributed by atoms with van der Waals surface area (Å²) in [5, 5.41) is 15.7. The summed E-state index contributed by atoms with van der Waals surface area (Å²) < 4.78 is 5.81. The van der Waals surface area contributed by atoms with Crippen molar-refractivity contribution in [1.29, 1.82) is 0 Å². The molecule has 0 bridgehead atoms. The van der Waals surface area contributed by atoms with Crippen LogP contribution in [0.3, 0.4) is 0 Å². The number of hydrogen-bond donors (Lipinski definition) is 3. The molecule has 0 spiro atoms. The molecule has 2 heterocycles. The molecule has 0 aromatic heterocycles. The van der Waals surface area contributed by atoms with Gasteiger partial charge in [-0.2, -0.15) is 0 Å². The Morgan fingerprint density at radius 3 is 2.58 bits per heavy atom. The first-order chi connectivity index (χ1) is 14.6. The summed E-state index contributed by atoms with van der Waals surface area (Å²) in [5.74, 6) is 0.419. The lowest BCUT2D eigenvalue weighted by molar-refractivity contribution is 0.0746. The van der Waals surface area contributed by atoms with E-state index in [-0.39, 0.29) is 43.1 Å². The van der Waals surface area contributed by atoms with Gasteiger partial charge >= 0.3 is 0 Å². The van der Waals surface area contributed by atoms with Gasteiger partial charge in [0.05, 0.1) is 29.5 Å². The molecule has 2 aromatic carbocycles. The highest BCUT2D eigenvalue weighted by Gasteiger charge is 2.35. The molecule has 1 amide bonds. The van der Waals surface area contributed by atoms with Crippen molar-refractivity contribution in [3.63, 3.8) is 0 Å². The summed E-state index contributed by atoms with van der Waals surface area (Å²) in [6.07, 6.45) is 2.81. The standard InChI is InChI=1S/C22H24ClN3O5/c1-11-4-7-15(31-11)22(2,3)25-18-17(19(28)20(18)29)24-14-6-5-13(23)12-10-26(8-9-27)21(30)16(12)14/h5-7,11,24-25,27H,4,8-10H2,1-3H3. The molecule has 0 saturated heterocycles. The summed E-state index contributed by atoms with van der Waals surface area (Å²) in [4.78, 5) is 39.0. The molecule has 0 aliphatic carbocycles. The summed E-state index contributed by atoms with van der Waals surface area (Å²) >= 11 is 6.27. The van der Waals surface area contributed by atoms with E-state index in [1.54, 1.807) is 12.1 Å². The highest BCUT2D eigenvalue weighted by molar-refractivity contribution is 6.32. The van der Waals surface area contributed by atoms with Crippen molar-refractivity contribution >= 4 is 34.6 Å². The Kier molecular flexibility index (Phi) is 5.31. The normalized spacial score (nSPS) is 18.2. The van der Waals surface area contributed by atoms with Crippen molar-refractivity contribution in [3.05, 3.63) is 60.6 Å². The molecule has 1 atom stereocenters. The minimum atomic E-state index is -0.695. The first-order valence-electron chi connectivity index (χ1n) is 10.1. The predicted octanol–water partition coefficient (Wildman–Crippen LogP) is 2.51. The molecule has 0 saturated carbocycles. The third-order valence-electron chi connectivity index (χ3n) is 5.66. The maximum Gasteiger partial charge on any atom is 0.256 e. The van der Waals surface area contributed by atoms with Gasteiger partial charge in [0.2, 0.25) is 0 Å². The number of rotatable bonds is 7. The Bertz CT molecular complexity index is 1160. The molecule has 0 radical (unpaired) electrons. The number of nitrogens with zero attached hydrogens (tertiary/aromatic N) is 1. The second kappa shape index (κ2) is 7.69. The van der Waals surface area contributed by atoms with Crippen molar-refractivity contribution in [1.82, 2.24) is 4.90 Å². The lowest BCUT2D eigenvalue weighted by Crippen LogP contribution is -2.43. The van der Waals surface area contributed by atoms with Crippen LogP contribution in [0.25, 0.3) is 0 Å². The maximum absolute atomic E-state index is 12.8. The Labute approximate surface area is 184 Å². The van der Waals surface area contributed by atoms with Crippen LogP contribution in [-0.2, 0) is 11.3 Å². The van der Waals surface area contributed by atoms with Gasteiger partial charge in [-0.1, -0.05) is 11.6 Å². The van der Waals surface area contributed by atoms with Crippen molar-refractivity contribution < 1.29 is 14.6 Å². The highest BCUT2D eigenvalue weighted by atomic mass is 35.5. The number of carbonyl (C=O) groups is 1. The number of amides is 1. The van der Waals surface area contributed by atoms with Crippen LogP contribution >= 0.6 is 11.6 Å². The molecule has 2 aromatic rings. The molecular weight excluding hydrogens is 422 g/mol. The molecule has 9 heteroatoms. The Hall–Kier alpha value is -2.84. The lowest BCUT2D eigenvalue weighted by atomic mass is 10.00. The molecule has 8 nitrogen and oxygen atoms in total. The Morgan fingerprint density at radius 2 is 1.94 bits per heavy atom. The topological polar surface area (TPSA) is 108 Å². The van der Waals surface area contributed by atoms with Gasteiger partial charge in [-0.05, 0) is 39.0 Å². The largest absolute Gasteiger partial charge is 0.493 e. The van der Waals surface area contributed by atoms with Gasteiger partial charge in [0.25, 0.3) is 16.8 Å². The minimum absolute atomic E-state index is 0.0610. The zero-order valence-corrected chi connectivity index (χ0v) is 18.3. The number of hydrogen-bond acceptors (Lipinski definition) is 7. The number of aliphatic hydroxyl groups excluding tert-OH is 1. The van der Waals surface area contributed by atoms with Crippen LogP contribution in [0, 0.1) is 0 Å². The molecule has 2 aliphatic rings. The van der Waals surface area contributed by atoms with Gasteiger partial charge in [0.1, 0.15) is 17.1 Å². The van der Waals surface area contributed by atoms with Crippen LogP contribution in [0.1, 0.15) is 43.1 Å². The smallest absolute Gasteiger partial charge is 0.256 e. The van der Waals surface area contributed by atoms with E-state index in [1.165, 1.54) is 4.90 Å². The molecule has 0 fully saturated rings. The highest BCUT2D eigenvalue weighted by Crippen LogP contribution is 2.37. The van der Waals surface area contributed by atoms with Crippen molar-refractivity contribution in [2.75, 3.05) is 23.8 Å². The number of ether oxygens (including phenoxy) is 1. The second-order valence-electron chi connectivity index (χ2n) is 8.41. The number of nitrogens with one attached hydrogen (secondary N) is 2. The summed E-state index contributed by atoms with van der Waals surface area (Å²) in [5.41, 5.74) is -0.368. The second-order valence-corrected chi connectivity index (χ2v) is 8.82. The van der Waals surface area contributed by atoms with E-state index in [0.29, 0.717) is 27.6 Å². The van der Waals surface area contributed by atoms with Gasteiger partial charge < -0.3 is 25.4 Å². The van der Waals surface area contributed by atoms with Gasteiger partial charge in [-0.3, -0.25) is 14.4 Å². The van der Waals surface area contributed by atoms with Crippen LogP contribution in [-0.4, -0.2) is 40.7 Å². The number of fused-ring (bicyclic) bond motifs is 1. The number of anilines is 3. The average Bonchev–Trinajstić information content (AvgIpc) is 3.31. The average molecular weight is 446 g/mol. The number of carbonyl (C=O) groups excluding carboxylic acids is 1. The van der Waals surface area contributed by atoms with Crippen LogP contribution in [0.4, 0.5) is 17.1 Å². The number of β-amino-alcohol motifs (C(OH)–C–C–N with tert-alkyl or cyclic N) is 1. The quantitative estimate of drug-likeness (QED) is 0.562. The fraction of sp³-hybridized carbons (Fsp3) is 0.409. The van der Waals surface area contributed by atoms with Crippen molar-refractivity contribution in [2.24, 2.45) is 0 Å². The molecule has 31 heavy (non-hydrogen) atoms. The SMILES string of the molecule is CC1CC=C(C(C)(C)Nc2c(Nc3ccc(Cl)c4c3C(=O)N(CCO)C4)c(=O)c2=O)O1. The van der Waals surface area contributed by atoms with E-state index in [4.69, 9.17) is 16.3 Å². The van der Waals surface area contributed by atoms with E-state index in [9.17, 15) is 19.5 Å². The first kappa shape index (κ1) is 21.4. The Balaban J connectivity index is 1.64. The number of halogens is 1. The third-order valence-corrected chi connectivity index (χ3v) is 6.02. The minimum Gasteiger partial charge on any atom is -0.493 e. The fourth-order valence-corrected chi connectivity index (χ4v) is 4.19. The monoisotopic (exact) mass is 445 g/mol. The predicted molar refractivity (Wildman–Crippen MR) is 119 cm³/mol. The zero-order chi connectivity index (χ0) is 22.5. The lowest BCUT2D eigenvalue weighted by Gasteiger charge is -2.30. The van der Waals surface area contributed by atoms with Crippen LogP contribution in [0.2, 0.25) is 5.02 Å². The summed E-state index contributed by atoms with van der Waals surface area (Å²) in [7, 11) is 0. The molecule has 2 aliphatic heterocycles. The third kappa shape index (κ3) is 3.59. The molecule has 4 rings (SSSR count). The molecule has 1 unspecified atom stereocenters. The maximum atomic E-state index is 12.8. The van der Waals surface area contributed by atoms with E-state index in [1.807, 2.05) is 26.8 Å². The molecule has 164 valence electrons. The number of benzene rings is 1. The Morgan fingerprint density at radius 1 is 1.23 bits per heavy atom. The van der Waals surface area contributed by atoms with Crippen LogP contribution in [0.15, 0.2) is 33.6 Å². The van der Waals surface area contributed by atoms with Crippen LogP contribution in [0.5, 0.6) is 0 Å².